The maximum atomic E-state index is 14.8. The van der Waals surface area contributed by atoms with Gasteiger partial charge in [0.2, 0.25) is 0 Å². The van der Waals surface area contributed by atoms with Gasteiger partial charge in [-0.15, -0.1) is 0 Å². The van der Waals surface area contributed by atoms with Crippen molar-refractivity contribution < 1.29 is 35.2 Å². The molecule has 204 valence electrons. The van der Waals surface area contributed by atoms with E-state index in [2.05, 4.69) is 20.3 Å². The van der Waals surface area contributed by atoms with Crippen LogP contribution in [0.1, 0.15) is 43.6 Å². The SMILES string of the molecule is C/C=C(\N=CC(C)F)C(=O)Nc1ccc(F)c([C@@H]2CS(=O)(=O)[C@@](C)(c3cc(C(F)(F)F)ccn3)C(N)=N2)c1. The van der Waals surface area contributed by atoms with Crippen molar-refractivity contribution in [1.82, 2.24) is 4.98 Å². The number of hydrogen-bond acceptors (Lipinski definition) is 7. The second-order valence-electron chi connectivity index (χ2n) is 8.59. The minimum Gasteiger partial charge on any atom is -0.386 e. The predicted octanol–water partition coefficient (Wildman–Crippen LogP) is 4.25. The second-order valence-corrected chi connectivity index (χ2v) is 11.0. The molecule has 3 rings (SSSR count). The summed E-state index contributed by atoms with van der Waals surface area (Å²) in [6.07, 6.45) is -3.08. The van der Waals surface area contributed by atoms with E-state index in [0.29, 0.717) is 12.1 Å². The summed E-state index contributed by atoms with van der Waals surface area (Å²) in [5.41, 5.74) is 4.12. The number of carbonyl (C=O) groups excluding carboxylic acids is 1. The quantitative estimate of drug-likeness (QED) is 0.312. The number of nitrogens with one attached hydrogen (secondary N) is 1. The summed E-state index contributed by atoms with van der Waals surface area (Å²) >= 11 is 0. The van der Waals surface area contributed by atoms with Gasteiger partial charge in [-0.05, 0) is 51.1 Å². The number of amidine groups is 1. The van der Waals surface area contributed by atoms with Crippen molar-refractivity contribution in [2.24, 2.45) is 15.7 Å². The molecule has 1 aliphatic heterocycles. The molecule has 0 bridgehead atoms. The first-order valence-electron chi connectivity index (χ1n) is 11.1. The van der Waals surface area contributed by atoms with E-state index < -0.39 is 67.5 Å². The highest BCUT2D eigenvalue weighted by molar-refractivity contribution is 7.93. The zero-order valence-electron chi connectivity index (χ0n) is 20.4. The van der Waals surface area contributed by atoms with Crippen LogP contribution in [0.5, 0.6) is 0 Å². The van der Waals surface area contributed by atoms with Crippen LogP contribution in [0.4, 0.5) is 27.6 Å². The number of rotatable bonds is 6. The molecule has 38 heavy (non-hydrogen) atoms. The Labute approximate surface area is 215 Å². The summed E-state index contributed by atoms with van der Waals surface area (Å²) < 4.78 is 92.0. The molecule has 14 heteroatoms. The fourth-order valence-corrected chi connectivity index (χ4v) is 5.50. The van der Waals surface area contributed by atoms with E-state index in [9.17, 15) is 35.2 Å². The molecule has 1 aliphatic rings. The predicted molar refractivity (Wildman–Crippen MR) is 133 cm³/mol. The van der Waals surface area contributed by atoms with Gasteiger partial charge in [-0.3, -0.25) is 19.8 Å². The molecule has 1 aromatic heterocycles. The summed E-state index contributed by atoms with van der Waals surface area (Å²) in [6.45, 7) is 3.82. The number of carbonyl (C=O) groups is 1. The van der Waals surface area contributed by atoms with Gasteiger partial charge in [0.15, 0.2) is 14.6 Å². The molecule has 2 aromatic rings. The Morgan fingerprint density at radius 2 is 1.97 bits per heavy atom. The zero-order chi connectivity index (χ0) is 28.5. The average molecular weight is 558 g/mol. The molecule has 0 spiro atoms. The van der Waals surface area contributed by atoms with Crippen molar-refractivity contribution in [2.45, 2.75) is 43.9 Å². The molecule has 0 aliphatic carbocycles. The number of aliphatic imine (C=N–C) groups is 2. The van der Waals surface area contributed by atoms with Crippen LogP contribution in [-0.4, -0.2) is 43.3 Å². The number of sulfone groups is 1. The average Bonchev–Trinajstić information content (AvgIpc) is 2.83. The van der Waals surface area contributed by atoms with Gasteiger partial charge in [-0.1, -0.05) is 6.08 Å². The topological polar surface area (TPSA) is 127 Å². The summed E-state index contributed by atoms with van der Waals surface area (Å²) in [5, 5.41) is 2.46. The molecule has 1 unspecified atom stereocenters. The van der Waals surface area contributed by atoms with E-state index in [1.54, 1.807) is 0 Å². The van der Waals surface area contributed by atoms with Gasteiger partial charge >= 0.3 is 6.18 Å². The van der Waals surface area contributed by atoms with Crippen molar-refractivity contribution in [3.63, 3.8) is 0 Å². The van der Waals surface area contributed by atoms with E-state index in [4.69, 9.17) is 5.73 Å². The number of hydrogen-bond donors (Lipinski definition) is 2. The van der Waals surface area contributed by atoms with Crippen molar-refractivity contribution in [1.29, 1.82) is 0 Å². The van der Waals surface area contributed by atoms with E-state index in [1.165, 1.54) is 26.0 Å². The Bertz CT molecular complexity index is 1440. The normalized spacial score (nSPS) is 22.7. The van der Waals surface area contributed by atoms with Crippen LogP contribution in [0.15, 0.2) is 58.3 Å². The first kappa shape index (κ1) is 28.9. The Balaban J connectivity index is 1.99. The lowest BCUT2D eigenvalue weighted by molar-refractivity contribution is -0.137. The second kappa shape index (κ2) is 10.6. The van der Waals surface area contributed by atoms with Crippen LogP contribution in [0.25, 0.3) is 0 Å². The van der Waals surface area contributed by atoms with Crippen LogP contribution in [0.2, 0.25) is 0 Å². The molecule has 3 N–H and O–H groups in total. The number of aromatic nitrogens is 1. The highest BCUT2D eigenvalue weighted by Gasteiger charge is 2.51. The third kappa shape index (κ3) is 5.74. The number of alkyl halides is 4. The number of amides is 1. The largest absolute Gasteiger partial charge is 0.416 e. The maximum Gasteiger partial charge on any atom is 0.416 e. The van der Waals surface area contributed by atoms with Gasteiger partial charge in [0.1, 0.15) is 23.5 Å². The molecule has 0 saturated carbocycles. The number of nitrogens with zero attached hydrogens (tertiary/aromatic N) is 3. The molecular formula is C24H24F5N5O3S. The van der Waals surface area contributed by atoms with E-state index in [-0.39, 0.29) is 16.9 Å². The molecule has 0 fully saturated rings. The lowest BCUT2D eigenvalue weighted by Crippen LogP contribution is -2.51. The number of pyridine rings is 1. The number of nitrogens with two attached hydrogens (primary N) is 1. The lowest BCUT2D eigenvalue weighted by atomic mass is 10.0. The van der Waals surface area contributed by atoms with Crippen molar-refractivity contribution in [2.75, 3.05) is 11.1 Å². The summed E-state index contributed by atoms with van der Waals surface area (Å²) in [6, 6.07) is 3.27. The Morgan fingerprint density at radius 1 is 1.29 bits per heavy atom. The fraction of sp³-hybridized carbons (Fsp3) is 0.333. The number of allylic oxidation sites excluding steroid dienone is 1. The Hall–Kier alpha value is -3.68. The highest BCUT2D eigenvalue weighted by Crippen LogP contribution is 2.40. The van der Waals surface area contributed by atoms with Crippen LogP contribution in [-0.2, 0) is 25.6 Å². The first-order valence-corrected chi connectivity index (χ1v) is 12.8. The van der Waals surface area contributed by atoms with Crippen LogP contribution in [0.3, 0.4) is 0 Å². The van der Waals surface area contributed by atoms with Crippen molar-refractivity contribution in [3.05, 3.63) is 70.9 Å². The minimum absolute atomic E-state index is 0.0632. The van der Waals surface area contributed by atoms with Gasteiger partial charge in [-0.25, -0.2) is 17.2 Å². The Morgan fingerprint density at radius 3 is 2.55 bits per heavy atom. The monoisotopic (exact) mass is 557 g/mol. The zero-order valence-corrected chi connectivity index (χ0v) is 21.2. The maximum absolute atomic E-state index is 14.8. The third-order valence-corrected chi connectivity index (χ3v) is 8.31. The standard InChI is InChI=1S/C24H24F5N5O3S/c1-4-18(32-11-13(2)25)21(35)33-15-5-6-17(26)16(10-15)19-12-38(36,37)23(3,22(30)34-19)20-9-14(7-8-31-20)24(27,28)29/h4-11,13,19H,12H2,1-3H3,(H2,30,34)(H,33,35)/b18-4-,32-11?/t13?,19-,23-/m0/s1. The number of halogens is 5. The molecule has 0 saturated heterocycles. The summed E-state index contributed by atoms with van der Waals surface area (Å²) in [5.74, 6) is -2.95. The smallest absolute Gasteiger partial charge is 0.386 e. The van der Waals surface area contributed by atoms with Crippen molar-refractivity contribution in [3.8, 4) is 0 Å². The van der Waals surface area contributed by atoms with Crippen LogP contribution < -0.4 is 11.1 Å². The van der Waals surface area contributed by atoms with Gasteiger partial charge in [0, 0.05) is 23.7 Å². The first-order chi connectivity index (χ1) is 17.6. The fourth-order valence-electron chi connectivity index (χ4n) is 3.70. The van der Waals surface area contributed by atoms with Crippen LogP contribution >= 0.6 is 0 Å². The van der Waals surface area contributed by atoms with E-state index in [1.807, 2.05) is 0 Å². The van der Waals surface area contributed by atoms with Gasteiger partial charge < -0.3 is 11.1 Å². The van der Waals surface area contributed by atoms with Crippen molar-refractivity contribution >= 4 is 33.5 Å². The molecule has 1 aromatic carbocycles. The molecule has 0 radical (unpaired) electrons. The summed E-state index contributed by atoms with van der Waals surface area (Å²) in [4.78, 5) is 24.1. The number of anilines is 1. The van der Waals surface area contributed by atoms with Crippen LogP contribution in [0, 0.1) is 5.82 Å². The highest BCUT2D eigenvalue weighted by atomic mass is 32.2. The molecule has 8 nitrogen and oxygen atoms in total. The molecule has 3 atom stereocenters. The van der Waals surface area contributed by atoms with Gasteiger partial charge in [-0.2, -0.15) is 13.2 Å². The van der Waals surface area contributed by atoms with Gasteiger partial charge in [0.25, 0.3) is 5.91 Å². The lowest BCUT2D eigenvalue weighted by Gasteiger charge is -2.34. The number of benzene rings is 1. The van der Waals surface area contributed by atoms with E-state index in [0.717, 1.165) is 31.5 Å². The molecule has 2 heterocycles. The molecular weight excluding hydrogens is 533 g/mol. The Kier molecular flexibility index (Phi) is 8.05. The molecule has 1 amide bonds. The third-order valence-electron chi connectivity index (χ3n) is 5.90. The van der Waals surface area contributed by atoms with E-state index >= 15 is 0 Å². The minimum atomic E-state index is -4.75. The summed E-state index contributed by atoms with van der Waals surface area (Å²) in [7, 11) is -4.37. The van der Waals surface area contributed by atoms with Gasteiger partial charge in [0.05, 0.1) is 23.1 Å².